The predicted molar refractivity (Wildman–Crippen MR) is 96.5 cm³/mol. The van der Waals surface area contributed by atoms with Crippen LogP contribution in [0.25, 0.3) is 5.52 Å². The lowest BCUT2D eigenvalue weighted by Gasteiger charge is -2.10. The van der Waals surface area contributed by atoms with E-state index in [2.05, 4.69) is 9.82 Å². The second-order valence-electron chi connectivity index (χ2n) is 5.72. The van der Waals surface area contributed by atoms with E-state index in [1.54, 1.807) is 19.1 Å². The van der Waals surface area contributed by atoms with Crippen LogP contribution >= 0.6 is 0 Å². The zero-order chi connectivity index (χ0) is 18.2. The summed E-state index contributed by atoms with van der Waals surface area (Å²) in [6.07, 6.45) is 2.14. The van der Waals surface area contributed by atoms with E-state index in [-0.39, 0.29) is 10.5 Å². The molecule has 7 nitrogen and oxygen atoms in total. The number of aromatic nitrogens is 3. The van der Waals surface area contributed by atoms with Crippen molar-refractivity contribution < 1.29 is 8.42 Å². The number of aryl methyl sites for hydroxylation is 3. The van der Waals surface area contributed by atoms with Gasteiger partial charge in [0, 0.05) is 12.7 Å². The number of benzene rings is 1. The van der Waals surface area contributed by atoms with Crippen LogP contribution < -0.4 is 10.3 Å². The van der Waals surface area contributed by atoms with Gasteiger partial charge in [-0.1, -0.05) is 25.1 Å². The summed E-state index contributed by atoms with van der Waals surface area (Å²) in [5.74, 6) is 0.548. The molecule has 2 aromatic heterocycles. The van der Waals surface area contributed by atoms with E-state index in [9.17, 15) is 13.2 Å². The van der Waals surface area contributed by atoms with Gasteiger partial charge in [-0.3, -0.25) is 13.9 Å². The molecule has 0 radical (unpaired) electrons. The molecule has 8 heteroatoms. The van der Waals surface area contributed by atoms with Crippen LogP contribution in [0.2, 0.25) is 0 Å². The van der Waals surface area contributed by atoms with Crippen LogP contribution in [0.1, 0.15) is 25.2 Å². The first-order valence-electron chi connectivity index (χ1n) is 8.08. The van der Waals surface area contributed by atoms with Crippen LogP contribution in [-0.4, -0.2) is 22.6 Å². The Hall–Kier alpha value is -2.61. The van der Waals surface area contributed by atoms with E-state index in [0.717, 1.165) is 5.56 Å². The molecule has 0 unspecified atom stereocenters. The third-order valence-corrected chi connectivity index (χ3v) is 5.45. The number of hydrogen-bond acceptors (Lipinski definition) is 4. The molecule has 25 heavy (non-hydrogen) atoms. The van der Waals surface area contributed by atoms with Crippen molar-refractivity contribution in [3.63, 3.8) is 0 Å². The predicted octanol–water partition coefficient (Wildman–Crippen LogP) is 2.19. The third kappa shape index (κ3) is 3.05. The highest BCUT2D eigenvalue weighted by Crippen LogP contribution is 2.21. The van der Waals surface area contributed by atoms with Crippen molar-refractivity contribution in [3.05, 3.63) is 58.3 Å². The van der Waals surface area contributed by atoms with E-state index < -0.39 is 10.0 Å². The van der Waals surface area contributed by atoms with Gasteiger partial charge in [0.2, 0.25) is 0 Å². The molecule has 0 saturated heterocycles. The standard InChI is InChI=1S/C17H20N4O3S/c1-4-13-8-6-7-9-15(13)19-25(23,24)14-10-16-17(22)21(5-2)18-12(3)20(16)11-14/h6-11,19H,4-5H2,1-3H3. The Labute approximate surface area is 146 Å². The lowest BCUT2D eigenvalue weighted by atomic mass is 10.1. The fourth-order valence-corrected chi connectivity index (χ4v) is 3.88. The molecule has 0 amide bonds. The Bertz CT molecular complexity index is 1100. The fourth-order valence-electron chi connectivity index (χ4n) is 2.76. The minimum atomic E-state index is -3.81. The van der Waals surface area contributed by atoms with Crippen molar-refractivity contribution in [3.8, 4) is 0 Å². The first-order chi connectivity index (χ1) is 11.9. The molecule has 0 saturated carbocycles. The van der Waals surface area contributed by atoms with Crippen LogP contribution in [-0.2, 0) is 23.0 Å². The van der Waals surface area contributed by atoms with Crippen molar-refractivity contribution in [2.45, 2.75) is 38.6 Å². The quantitative estimate of drug-likeness (QED) is 0.756. The van der Waals surface area contributed by atoms with Gasteiger partial charge in [-0.05, 0) is 38.0 Å². The number of nitrogens with one attached hydrogen (secondary N) is 1. The Morgan fingerprint density at radius 3 is 2.60 bits per heavy atom. The van der Waals surface area contributed by atoms with Crippen LogP contribution in [0.15, 0.2) is 46.2 Å². The van der Waals surface area contributed by atoms with E-state index >= 15 is 0 Å². The summed E-state index contributed by atoms with van der Waals surface area (Å²) in [6, 6.07) is 8.64. The second kappa shape index (κ2) is 6.36. The van der Waals surface area contributed by atoms with Crippen molar-refractivity contribution in [1.82, 2.24) is 14.2 Å². The summed E-state index contributed by atoms with van der Waals surface area (Å²) in [5, 5.41) is 4.18. The molecule has 0 spiro atoms. The highest BCUT2D eigenvalue weighted by molar-refractivity contribution is 7.92. The minimum Gasteiger partial charge on any atom is -0.298 e. The highest BCUT2D eigenvalue weighted by Gasteiger charge is 2.20. The Kier molecular flexibility index (Phi) is 4.38. The van der Waals surface area contributed by atoms with Crippen molar-refractivity contribution in [2.75, 3.05) is 4.72 Å². The van der Waals surface area contributed by atoms with Crippen molar-refractivity contribution >= 4 is 21.2 Å². The zero-order valence-electron chi connectivity index (χ0n) is 14.4. The van der Waals surface area contributed by atoms with Crippen LogP contribution in [0.5, 0.6) is 0 Å². The van der Waals surface area contributed by atoms with Gasteiger partial charge < -0.3 is 0 Å². The smallest absolute Gasteiger partial charge is 0.291 e. The summed E-state index contributed by atoms with van der Waals surface area (Å²) in [7, 11) is -3.81. The molecule has 0 fully saturated rings. The molecule has 2 heterocycles. The van der Waals surface area contributed by atoms with Gasteiger partial charge in [-0.2, -0.15) is 5.10 Å². The Balaban J connectivity index is 2.10. The molecule has 0 aliphatic carbocycles. The maximum Gasteiger partial charge on any atom is 0.291 e. The first-order valence-corrected chi connectivity index (χ1v) is 9.56. The molecule has 1 aromatic carbocycles. The molecule has 1 N–H and O–H groups in total. The molecule has 0 aliphatic rings. The number of nitrogens with zero attached hydrogens (tertiary/aromatic N) is 3. The second-order valence-corrected chi connectivity index (χ2v) is 7.40. The summed E-state index contributed by atoms with van der Waals surface area (Å²) >= 11 is 0. The topological polar surface area (TPSA) is 85.5 Å². The Morgan fingerprint density at radius 1 is 1.20 bits per heavy atom. The molecule has 0 bridgehead atoms. The van der Waals surface area contributed by atoms with Crippen LogP contribution in [0.4, 0.5) is 5.69 Å². The number of anilines is 1. The van der Waals surface area contributed by atoms with Gasteiger partial charge in [0.05, 0.1) is 5.69 Å². The summed E-state index contributed by atoms with van der Waals surface area (Å²) in [4.78, 5) is 12.4. The minimum absolute atomic E-state index is 0.0364. The van der Waals surface area contributed by atoms with E-state index in [4.69, 9.17) is 0 Å². The molecular formula is C17H20N4O3S. The SMILES string of the molecule is CCc1ccccc1NS(=O)(=O)c1cc2c(=O)n(CC)nc(C)n2c1. The van der Waals surface area contributed by atoms with Gasteiger partial charge >= 0.3 is 0 Å². The average molecular weight is 360 g/mol. The lowest BCUT2D eigenvalue weighted by Crippen LogP contribution is -2.25. The van der Waals surface area contributed by atoms with Crippen molar-refractivity contribution in [1.29, 1.82) is 0 Å². The number of para-hydroxylation sites is 1. The first kappa shape index (κ1) is 17.2. The van der Waals surface area contributed by atoms with Gasteiger partial charge in [-0.25, -0.2) is 13.1 Å². The lowest BCUT2D eigenvalue weighted by molar-refractivity contribution is 0.592. The number of sulfonamides is 1. The fraction of sp³-hybridized carbons (Fsp3) is 0.294. The Morgan fingerprint density at radius 2 is 1.92 bits per heavy atom. The van der Waals surface area contributed by atoms with Gasteiger partial charge in [0.1, 0.15) is 16.2 Å². The maximum absolute atomic E-state index is 12.8. The van der Waals surface area contributed by atoms with Gasteiger partial charge in [0.15, 0.2) is 0 Å². The number of fused-ring (bicyclic) bond motifs is 1. The molecular weight excluding hydrogens is 340 g/mol. The summed E-state index contributed by atoms with van der Waals surface area (Å²) in [6.45, 7) is 5.93. The zero-order valence-corrected chi connectivity index (χ0v) is 15.2. The number of hydrogen-bond donors (Lipinski definition) is 1. The largest absolute Gasteiger partial charge is 0.298 e. The molecule has 0 atom stereocenters. The van der Waals surface area contributed by atoms with Crippen LogP contribution in [0.3, 0.4) is 0 Å². The molecule has 3 rings (SSSR count). The van der Waals surface area contributed by atoms with E-state index in [1.165, 1.54) is 21.3 Å². The monoisotopic (exact) mass is 360 g/mol. The van der Waals surface area contributed by atoms with Crippen molar-refractivity contribution in [2.24, 2.45) is 0 Å². The normalized spacial score (nSPS) is 11.8. The molecule has 3 aromatic rings. The summed E-state index contributed by atoms with van der Waals surface area (Å²) in [5.41, 5.74) is 1.42. The molecule has 132 valence electrons. The third-order valence-electron chi connectivity index (χ3n) is 4.11. The van der Waals surface area contributed by atoms with Crippen LogP contribution in [0, 0.1) is 6.92 Å². The van der Waals surface area contributed by atoms with Gasteiger partial charge in [-0.15, -0.1) is 0 Å². The van der Waals surface area contributed by atoms with E-state index in [0.29, 0.717) is 30.0 Å². The average Bonchev–Trinajstić information content (AvgIpc) is 3.05. The highest BCUT2D eigenvalue weighted by atomic mass is 32.2. The molecule has 0 aliphatic heterocycles. The maximum atomic E-state index is 12.8. The summed E-state index contributed by atoms with van der Waals surface area (Å²) < 4.78 is 31.0. The van der Waals surface area contributed by atoms with Gasteiger partial charge in [0.25, 0.3) is 15.6 Å². The van der Waals surface area contributed by atoms with E-state index in [1.807, 2.05) is 26.0 Å². The number of rotatable bonds is 5.